The number of primary amides is 1. The van der Waals surface area contributed by atoms with Gasteiger partial charge in [0.25, 0.3) is 5.91 Å². The standard InChI is InChI=1S/C18H17F3N2O2S/c1-11(12-5-4-6-13(9-12)18(19,20)21)23-17(25)14-7-2-3-8-15(14)26-10-16(22)24/h2-9,11H,10H2,1H3,(H2,22,24)(H,23,25). The summed E-state index contributed by atoms with van der Waals surface area (Å²) in [4.78, 5) is 24.0. The molecule has 0 spiro atoms. The number of thioether (sulfide) groups is 1. The Morgan fingerprint density at radius 2 is 1.85 bits per heavy atom. The number of hydrogen-bond acceptors (Lipinski definition) is 3. The van der Waals surface area contributed by atoms with Gasteiger partial charge in [0.05, 0.1) is 22.9 Å². The quantitative estimate of drug-likeness (QED) is 0.747. The molecular formula is C18H17F3N2O2S. The van der Waals surface area contributed by atoms with Crippen molar-refractivity contribution >= 4 is 23.6 Å². The molecule has 8 heteroatoms. The van der Waals surface area contributed by atoms with E-state index in [1.54, 1.807) is 31.2 Å². The second kappa shape index (κ2) is 8.27. The predicted molar refractivity (Wildman–Crippen MR) is 93.7 cm³/mol. The molecule has 3 N–H and O–H groups in total. The van der Waals surface area contributed by atoms with Crippen molar-refractivity contribution in [2.24, 2.45) is 5.73 Å². The summed E-state index contributed by atoms with van der Waals surface area (Å²) in [5.74, 6) is -0.932. The van der Waals surface area contributed by atoms with E-state index in [-0.39, 0.29) is 5.75 Å². The first-order valence-electron chi connectivity index (χ1n) is 7.66. The molecule has 0 bridgehead atoms. The van der Waals surface area contributed by atoms with Crippen LogP contribution in [0.3, 0.4) is 0 Å². The van der Waals surface area contributed by atoms with Crippen molar-refractivity contribution in [1.29, 1.82) is 0 Å². The first-order chi connectivity index (χ1) is 12.2. The van der Waals surface area contributed by atoms with Crippen molar-refractivity contribution in [3.8, 4) is 0 Å². The molecule has 0 saturated heterocycles. The lowest BCUT2D eigenvalue weighted by molar-refractivity contribution is -0.137. The highest BCUT2D eigenvalue weighted by Crippen LogP contribution is 2.31. The average Bonchev–Trinajstić information content (AvgIpc) is 2.59. The van der Waals surface area contributed by atoms with Crippen molar-refractivity contribution in [3.05, 3.63) is 65.2 Å². The fourth-order valence-electron chi connectivity index (χ4n) is 2.27. The molecule has 0 aliphatic heterocycles. The van der Waals surface area contributed by atoms with Gasteiger partial charge in [-0.2, -0.15) is 13.2 Å². The van der Waals surface area contributed by atoms with Crippen molar-refractivity contribution in [2.45, 2.75) is 24.0 Å². The van der Waals surface area contributed by atoms with Crippen LogP contribution < -0.4 is 11.1 Å². The lowest BCUT2D eigenvalue weighted by Gasteiger charge is -2.17. The zero-order valence-corrected chi connectivity index (χ0v) is 14.7. The number of amides is 2. The first-order valence-corrected chi connectivity index (χ1v) is 8.65. The topological polar surface area (TPSA) is 72.2 Å². The third kappa shape index (κ3) is 5.26. The molecule has 0 aromatic heterocycles. The van der Waals surface area contributed by atoms with Crippen LogP contribution in [-0.2, 0) is 11.0 Å². The van der Waals surface area contributed by atoms with Crippen LogP contribution in [0, 0.1) is 0 Å². The van der Waals surface area contributed by atoms with E-state index in [0.717, 1.165) is 23.9 Å². The summed E-state index contributed by atoms with van der Waals surface area (Å²) in [6.07, 6.45) is -4.45. The van der Waals surface area contributed by atoms with E-state index >= 15 is 0 Å². The normalized spacial score (nSPS) is 12.5. The van der Waals surface area contributed by atoms with E-state index in [1.807, 2.05) is 0 Å². The van der Waals surface area contributed by atoms with Crippen molar-refractivity contribution in [2.75, 3.05) is 5.75 Å². The minimum atomic E-state index is -4.45. The molecule has 2 rings (SSSR count). The summed E-state index contributed by atoms with van der Waals surface area (Å²) < 4.78 is 38.5. The van der Waals surface area contributed by atoms with Gasteiger partial charge in [-0.15, -0.1) is 11.8 Å². The smallest absolute Gasteiger partial charge is 0.369 e. The van der Waals surface area contributed by atoms with Crippen LogP contribution in [-0.4, -0.2) is 17.6 Å². The molecular weight excluding hydrogens is 365 g/mol. The molecule has 26 heavy (non-hydrogen) atoms. The molecule has 0 aliphatic rings. The third-order valence-corrected chi connectivity index (χ3v) is 4.66. The highest BCUT2D eigenvalue weighted by atomic mass is 32.2. The summed E-state index contributed by atoms with van der Waals surface area (Å²) >= 11 is 1.13. The number of alkyl halides is 3. The van der Waals surface area contributed by atoms with Gasteiger partial charge in [-0.05, 0) is 36.8 Å². The summed E-state index contributed by atoms with van der Waals surface area (Å²) in [5, 5.41) is 2.68. The van der Waals surface area contributed by atoms with Gasteiger partial charge in [-0.1, -0.05) is 24.3 Å². The fourth-order valence-corrected chi connectivity index (χ4v) is 3.06. The molecule has 1 atom stereocenters. The lowest BCUT2D eigenvalue weighted by atomic mass is 10.0. The van der Waals surface area contributed by atoms with E-state index in [9.17, 15) is 22.8 Å². The maximum absolute atomic E-state index is 12.8. The molecule has 2 aromatic carbocycles. The van der Waals surface area contributed by atoms with E-state index in [2.05, 4.69) is 5.32 Å². The van der Waals surface area contributed by atoms with Gasteiger partial charge in [0.1, 0.15) is 0 Å². The minimum absolute atomic E-state index is 0.0213. The molecule has 138 valence electrons. The number of nitrogens with one attached hydrogen (secondary N) is 1. The number of hydrogen-bond donors (Lipinski definition) is 2. The largest absolute Gasteiger partial charge is 0.416 e. The van der Waals surface area contributed by atoms with Gasteiger partial charge >= 0.3 is 6.18 Å². The number of nitrogens with two attached hydrogens (primary N) is 1. The number of rotatable bonds is 6. The summed E-state index contributed by atoms with van der Waals surface area (Å²) in [5.41, 5.74) is 5.02. The molecule has 4 nitrogen and oxygen atoms in total. The Morgan fingerprint density at radius 3 is 2.50 bits per heavy atom. The van der Waals surface area contributed by atoms with E-state index in [1.165, 1.54) is 12.1 Å². The average molecular weight is 382 g/mol. The Kier molecular flexibility index (Phi) is 6.31. The monoisotopic (exact) mass is 382 g/mol. The number of halogens is 3. The SMILES string of the molecule is CC(NC(=O)c1ccccc1SCC(N)=O)c1cccc(C(F)(F)F)c1. The van der Waals surface area contributed by atoms with Crippen LogP contribution in [0.5, 0.6) is 0 Å². The van der Waals surface area contributed by atoms with Crippen LogP contribution in [0.15, 0.2) is 53.4 Å². The molecule has 0 aliphatic carbocycles. The highest BCUT2D eigenvalue weighted by Gasteiger charge is 2.30. The zero-order chi connectivity index (χ0) is 19.3. The Bertz CT molecular complexity index is 809. The zero-order valence-electron chi connectivity index (χ0n) is 13.8. The van der Waals surface area contributed by atoms with Crippen LogP contribution >= 0.6 is 11.8 Å². The highest BCUT2D eigenvalue weighted by molar-refractivity contribution is 8.00. The number of benzene rings is 2. The Morgan fingerprint density at radius 1 is 1.15 bits per heavy atom. The van der Waals surface area contributed by atoms with Crippen molar-refractivity contribution in [1.82, 2.24) is 5.32 Å². The van der Waals surface area contributed by atoms with Crippen molar-refractivity contribution in [3.63, 3.8) is 0 Å². The van der Waals surface area contributed by atoms with Crippen LogP contribution in [0.25, 0.3) is 0 Å². The van der Waals surface area contributed by atoms with Gasteiger partial charge < -0.3 is 11.1 Å². The Labute approximate surface area is 153 Å². The maximum Gasteiger partial charge on any atom is 0.416 e. The van der Waals surface area contributed by atoms with Gasteiger partial charge in [-0.3, -0.25) is 9.59 Å². The van der Waals surface area contributed by atoms with E-state index in [0.29, 0.717) is 16.0 Å². The van der Waals surface area contributed by atoms with Crippen LogP contribution in [0.4, 0.5) is 13.2 Å². The van der Waals surface area contributed by atoms with Gasteiger partial charge in [0.15, 0.2) is 0 Å². The third-order valence-electron chi connectivity index (χ3n) is 3.56. The molecule has 1 unspecified atom stereocenters. The molecule has 0 saturated carbocycles. The summed E-state index contributed by atoms with van der Waals surface area (Å²) in [6.45, 7) is 1.60. The lowest BCUT2D eigenvalue weighted by Crippen LogP contribution is -2.27. The minimum Gasteiger partial charge on any atom is -0.369 e. The molecule has 2 amide bonds. The predicted octanol–water partition coefficient (Wildman–Crippen LogP) is 3.77. The molecule has 0 radical (unpaired) electrons. The first kappa shape index (κ1) is 19.8. The molecule has 0 fully saturated rings. The number of carbonyl (C=O) groups is 2. The van der Waals surface area contributed by atoms with Gasteiger partial charge in [-0.25, -0.2) is 0 Å². The molecule has 0 heterocycles. The molecule has 2 aromatic rings. The fraction of sp³-hybridized carbons (Fsp3) is 0.222. The van der Waals surface area contributed by atoms with Gasteiger partial charge in [0, 0.05) is 4.90 Å². The van der Waals surface area contributed by atoms with Gasteiger partial charge in [0.2, 0.25) is 5.91 Å². The maximum atomic E-state index is 12.8. The Balaban J connectivity index is 2.16. The summed E-state index contributed by atoms with van der Waals surface area (Å²) in [7, 11) is 0. The van der Waals surface area contributed by atoms with Crippen LogP contribution in [0.1, 0.15) is 34.5 Å². The van der Waals surface area contributed by atoms with Crippen molar-refractivity contribution < 1.29 is 22.8 Å². The van der Waals surface area contributed by atoms with E-state index in [4.69, 9.17) is 5.73 Å². The Hall–Kier alpha value is -2.48. The second-order valence-electron chi connectivity index (χ2n) is 5.57. The van der Waals surface area contributed by atoms with Crippen LogP contribution in [0.2, 0.25) is 0 Å². The van der Waals surface area contributed by atoms with E-state index < -0.39 is 29.6 Å². The second-order valence-corrected chi connectivity index (χ2v) is 6.59. The summed E-state index contributed by atoms with van der Waals surface area (Å²) in [6, 6.07) is 10.8. The number of carbonyl (C=O) groups excluding carboxylic acids is 2.